The van der Waals surface area contributed by atoms with E-state index in [1.54, 1.807) is 19.2 Å². The molecule has 0 amide bonds. The topological polar surface area (TPSA) is 71.4 Å². The number of carboxylic acid groups (broad SMARTS) is 1. The Morgan fingerprint density at radius 1 is 1.56 bits per heavy atom. The summed E-state index contributed by atoms with van der Waals surface area (Å²) in [5.41, 5.74) is 1.19. The van der Waals surface area contributed by atoms with E-state index in [0.29, 0.717) is 11.1 Å². The number of hydrogen-bond acceptors (Lipinski definition) is 4. The van der Waals surface area contributed by atoms with Crippen molar-refractivity contribution in [3.63, 3.8) is 0 Å². The summed E-state index contributed by atoms with van der Waals surface area (Å²) in [6, 6.07) is 0. The van der Waals surface area contributed by atoms with Gasteiger partial charge in [0.25, 0.3) is 0 Å². The van der Waals surface area contributed by atoms with E-state index in [9.17, 15) is 13.2 Å². The molecule has 2 heterocycles. The number of hydrogen-bond donors (Lipinski definition) is 1. The lowest BCUT2D eigenvalue weighted by molar-refractivity contribution is 0.0701. The average molecular weight is 260 g/mol. The Kier molecular flexibility index (Phi) is 2.58. The fourth-order valence-corrected chi connectivity index (χ4v) is 5.67. The summed E-state index contributed by atoms with van der Waals surface area (Å²) in [6.07, 6.45) is 0. The lowest BCUT2D eigenvalue weighted by Crippen LogP contribution is -2.15. The molecule has 0 aliphatic carbocycles. The van der Waals surface area contributed by atoms with E-state index in [-0.39, 0.29) is 16.5 Å². The highest BCUT2D eigenvalue weighted by molar-refractivity contribution is 7.91. The SMILES string of the molecule is CC(C)C1c2c(csc2C(=O)O)CS1(=O)=O. The van der Waals surface area contributed by atoms with Crippen LogP contribution in [0.1, 0.15) is 39.9 Å². The quantitative estimate of drug-likeness (QED) is 0.883. The number of carbonyl (C=O) groups is 1. The predicted octanol–water partition coefficient (Wildman–Crippen LogP) is 2.07. The summed E-state index contributed by atoms with van der Waals surface area (Å²) in [4.78, 5) is 11.2. The van der Waals surface area contributed by atoms with Crippen LogP contribution in [-0.2, 0) is 15.6 Å². The highest BCUT2D eigenvalue weighted by Crippen LogP contribution is 2.45. The molecule has 1 N–H and O–H groups in total. The van der Waals surface area contributed by atoms with Gasteiger partial charge in [-0.05, 0) is 16.9 Å². The number of fused-ring (bicyclic) bond motifs is 1. The van der Waals surface area contributed by atoms with Crippen LogP contribution >= 0.6 is 11.3 Å². The standard InChI is InChI=1S/C10H12O4S2/c1-5(2)9-7-6(4-16(9,13)14)3-15-8(7)10(11)12/h3,5,9H,4H2,1-2H3,(H,11,12). The second kappa shape index (κ2) is 3.56. The molecular weight excluding hydrogens is 248 g/mol. The zero-order chi connectivity index (χ0) is 12.1. The number of rotatable bonds is 2. The molecule has 1 aromatic rings. The van der Waals surface area contributed by atoms with Gasteiger partial charge >= 0.3 is 5.97 Å². The number of carboxylic acids is 1. The molecule has 1 unspecified atom stereocenters. The second-order valence-electron chi connectivity index (χ2n) is 4.28. The number of aromatic carboxylic acids is 1. The molecule has 88 valence electrons. The first-order valence-electron chi connectivity index (χ1n) is 4.89. The van der Waals surface area contributed by atoms with Crippen LogP contribution in [0, 0.1) is 5.92 Å². The Balaban J connectivity index is 2.64. The van der Waals surface area contributed by atoms with Gasteiger partial charge in [0.05, 0.1) is 11.0 Å². The van der Waals surface area contributed by atoms with Gasteiger partial charge in [0, 0.05) is 5.56 Å². The summed E-state index contributed by atoms with van der Waals surface area (Å²) >= 11 is 1.12. The fraction of sp³-hybridized carbons (Fsp3) is 0.500. The molecule has 0 radical (unpaired) electrons. The summed E-state index contributed by atoms with van der Waals surface area (Å²) < 4.78 is 23.8. The van der Waals surface area contributed by atoms with Crippen molar-refractivity contribution in [3.05, 3.63) is 21.4 Å². The van der Waals surface area contributed by atoms with E-state index >= 15 is 0 Å². The van der Waals surface area contributed by atoms with E-state index in [0.717, 1.165) is 11.3 Å². The minimum Gasteiger partial charge on any atom is -0.477 e. The second-order valence-corrected chi connectivity index (χ2v) is 7.28. The van der Waals surface area contributed by atoms with Crippen LogP contribution in [0.25, 0.3) is 0 Å². The first-order chi connectivity index (χ1) is 7.34. The molecule has 6 heteroatoms. The first-order valence-corrected chi connectivity index (χ1v) is 7.49. The van der Waals surface area contributed by atoms with Crippen LogP contribution in [0.3, 0.4) is 0 Å². The van der Waals surface area contributed by atoms with E-state index in [4.69, 9.17) is 5.11 Å². The molecule has 0 aromatic carbocycles. The summed E-state index contributed by atoms with van der Waals surface area (Å²) in [6.45, 7) is 3.61. The molecule has 1 aromatic heterocycles. The Hall–Kier alpha value is -0.880. The minimum atomic E-state index is -3.21. The molecule has 0 saturated carbocycles. The van der Waals surface area contributed by atoms with Gasteiger partial charge < -0.3 is 5.11 Å². The highest BCUT2D eigenvalue weighted by Gasteiger charge is 2.42. The van der Waals surface area contributed by atoms with Gasteiger partial charge in [-0.25, -0.2) is 13.2 Å². The fourth-order valence-electron chi connectivity index (χ4n) is 2.23. The minimum absolute atomic E-state index is 0.0189. The highest BCUT2D eigenvalue weighted by atomic mass is 32.2. The number of sulfone groups is 1. The van der Waals surface area contributed by atoms with Crippen molar-refractivity contribution in [2.24, 2.45) is 5.92 Å². The lowest BCUT2D eigenvalue weighted by Gasteiger charge is -2.15. The molecule has 1 aliphatic heterocycles. The molecule has 1 aliphatic rings. The Morgan fingerprint density at radius 2 is 2.19 bits per heavy atom. The van der Waals surface area contributed by atoms with Crippen LogP contribution in [0.4, 0.5) is 0 Å². The van der Waals surface area contributed by atoms with Crippen molar-refractivity contribution in [1.82, 2.24) is 0 Å². The van der Waals surface area contributed by atoms with Gasteiger partial charge in [0.1, 0.15) is 4.88 Å². The monoisotopic (exact) mass is 260 g/mol. The van der Waals surface area contributed by atoms with Gasteiger partial charge in [0.15, 0.2) is 9.84 Å². The van der Waals surface area contributed by atoms with Gasteiger partial charge in [-0.15, -0.1) is 11.3 Å². The predicted molar refractivity (Wildman–Crippen MR) is 61.5 cm³/mol. The third kappa shape index (κ3) is 1.56. The normalized spacial score (nSPS) is 22.3. The van der Waals surface area contributed by atoms with Crippen LogP contribution < -0.4 is 0 Å². The van der Waals surface area contributed by atoms with E-state index in [1.807, 2.05) is 0 Å². The Morgan fingerprint density at radius 3 is 2.69 bits per heavy atom. The summed E-state index contributed by atoms with van der Waals surface area (Å²) in [7, 11) is -3.21. The van der Waals surface area contributed by atoms with Crippen LogP contribution in [-0.4, -0.2) is 19.5 Å². The van der Waals surface area contributed by atoms with E-state index in [1.165, 1.54) is 0 Å². The maximum Gasteiger partial charge on any atom is 0.346 e. The molecular formula is C10H12O4S2. The number of thiophene rings is 1. The van der Waals surface area contributed by atoms with Crippen molar-refractivity contribution in [2.75, 3.05) is 0 Å². The molecule has 2 rings (SSSR count). The van der Waals surface area contributed by atoms with Gasteiger partial charge in [-0.2, -0.15) is 0 Å². The van der Waals surface area contributed by atoms with Crippen molar-refractivity contribution in [1.29, 1.82) is 0 Å². The van der Waals surface area contributed by atoms with Gasteiger partial charge in [-0.1, -0.05) is 13.8 Å². The van der Waals surface area contributed by atoms with E-state index < -0.39 is 21.1 Å². The molecule has 4 nitrogen and oxygen atoms in total. The maximum atomic E-state index is 11.9. The molecule has 0 saturated heterocycles. The lowest BCUT2D eigenvalue weighted by atomic mass is 10.00. The molecule has 1 atom stereocenters. The van der Waals surface area contributed by atoms with Crippen LogP contribution in [0.5, 0.6) is 0 Å². The zero-order valence-corrected chi connectivity index (χ0v) is 10.6. The molecule has 0 fully saturated rings. The molecule has 16 heavy (non-hydrogen) atoms. The molecule has 0 spiro atoms. The van der Waals surface area contributed by atoms with E-state index in [2.05, 4.69) is 0 Å². The molecule has 0 bridgehead atoms. The van der Waals surface area contributed by atoms with Crippen molar-refractivity contribution in [2.45, 2.75) is 24.9 Å². The summed E-state index contributed by atoms with van der Waals surface area (Å²) in [5, 5.41) is 10.0. The summed E-state index contributed by atoms with van der Waals surface area (Å²) in [5.74, 6) is -1.15. The Labute approximate surface area is 97.8 Å². The largest absolute Gasteiger partial charge is 0.477 e. The van der Waals surface area contributed by atoms with Gasteiger partial charge in [-0.3, -0.25) is 0 Å². The smallest absolute Gasteiger partial charge is 0.346 e. The first kappa shape index (κ1) is 11.6. The van der Waals surface area contributed by atoms with Gasteiger partial charge in [0.2, 0.25) is 0 Å². The van der Waals surface area contributed by atoms with Crippen molar-refractivity contribution < 1.29 is 18.3 Å². The van der Waals surface area contributed by atoms with Crippen LogP contribution in [0.2, 0.25) is 0 Å². The third-order valence-corrected chi connectivity index (χ3v) is 6.04. The Bertz CT molecular complexity index is 539. The average Bonchev–Trinajstić information content (AvgIpc) is 2.56. The zero-order valence-electron chi connectivity index (χ0n) is 8.93. The van der Waals surface area contributed by atoms with Crippen LogP contribution in [0.15, 0.2) is 5.38 Å². The van der Waals surface area contributed by atoms with Crippen molar-refractivity contribution in [3.8, 4) is 0 Å². The van der Waals surface area contributed by atoms with Crippen molar-refractivity contribution >= 4 is 27.1 Å². The maximum absolute atomic E-state index is 11.9. The third-order valence-electron chi connectivity index (χ3n) is 2.74.